The van der Waals surface area contributed by atoms with Gasteiger partial charge in [-0.3, -0.25) is 24.0 Å². The number of ether oxygens (including phenoxy) is 2. The van der Waals surface area contributed by atoms with Crippen molar-refractivity contribution in [2.75, 3.05) is 23.4 Å². The van der Waals surface area contributed by atoms with Crippen LogP contribution in [0.5, 0.6) is 0 Å². The zero-order chi connectivity index (χ0) is 46.2. The molecule has 13 heteroatoms. The van der Waals surface area contributed by atoms with E-state index in [9.17, 15) is 33.9 Å². The fraction of sp³-hybridized carbons (Fsp3) is 0.760. The van der Waals surface area contributed by atoms with Gasteiger partial charge in [0.15, 0.2) is 0 Å². The van der Waals surface area contributed by atoms with E-state index in [0.29, 0.717) is 30.0 Å². The van der Waals surface area contributed by atoms with E-state index in [-0.39, 0.29) is 42.9 Å². The van der Waals surface area contributed by atoms with E-state index in [1.54, 1.807) is 0 Å². The maximum atomic E-state index is 12.8. The smallest absolute Gasteiger partial charge is 0.326 e. The molecule has 0 aliphatic rings. The first kappa shape index (κ1) is 57.4. The van der Waals surface area contributed by atoms with Gasteiger partial charge in [0.05, 0.1) is 0 Å². The van der Waals surface area contributed by atoms with Crippen molar-refractivity contribution in [1.82, 2.24) is 5.32 Å². The molecule has 0 radical (unpaired) electrons. The molecule has 1 aromatic carbocycles. The highest BCUT2D eigenvalue weighted by atomic mass is 32.2. The summed E-state index contributed by atoms with van der Waals surface area (Å²) >= 11 is 1.43. The first-order chi connectivity index (χ1) is 30.5. The standard InChI is InChI=1S/C50H84N2O10S/c1-3-5-7-9-11-13-15-17-19-21-23-25-27-29-47(56)61-39-43(62-48(57)30-28-26-24-22-20-18-16-14-12-10-8-6-4-2)40-63-38-37-45(53)51-42-33-31-41(32-34-42)49(58)52-44(50(59)60)35-36-46(54)55/h31-34,43-44H,3-30,35-40H2,1-2H3,(H,51,53)(H,52,58)(H,54,55)(H,59,60). The number of amides is 2. The summed E-state index contributed by atoms with van der Waals surface area (Å²) in [6.45, 7) is 4.47. The van der Waals surface area contributed by atoms with Crippen molar-refractivity contribution in [2.24, 2.45) is 0 Å². The minimum atomic E-state index is -1.35. The van der Waals surface area contributed by atoms with E-state index in [4.69, 9.17) is 14.6 Å². The number of nitrogens with one attached hydrogen (secondary N) is 2. The molecule has 12 nitrogen and oxygen atoms in total. The first-order valence-electron chi connectivity index (χ1n) is 24.6. The van der Waals surface area contributed by atoms with Crippen molar-refractivity contribution >= 4 is 53.1 Å². The van der Waals surface area contributed by atoms with Crippen LogP contribution in [-0.2, 0) is 33.4 Å². The highest BCUT2D eigenvalue weighted by Gasteiger charge is 2.22. The summed E-state index contributed by atoms with van der Waals surface area (Å²) in [7, 11) is 0. The van der Waals surface area contributed by atoms with Crippen LogP contribution in [0, 0.1) is 0 Å². The molecule has 4 N–H and O–H groups in total. The zero-order valence-corrected chi connectivity index (χ0v) is 39.9. The van der Waals surface area contributed by atoms with E-state index in [2.05, 4.69) is 24.5 Å². The molecule has 0 heterocycles. The van der Waals surface area contributed by atoms with E-state index >= 15 is 0 Å². The Kier molecular flexibility index (Phi) is 36.4. The Balaban J connectivity index is 2.48. The van der Waals surface area contributed by atoms with E-state index in [0.717, 1.165) is 38.5 Å². The summed E-state index contributed by atoms with van der Waals surface area (Å²) in [5.74, 6) is -3.22. The Morgan fingerprint density at radius 2 is 1.02 bits per heavy atom. The van der Waals surface area contributed by atoms with Crippen LogP contribution in [-0.4, -0.2) is 76.2 Å². The summed E-state index contributed by atoms with van der Waals surface area (Å²) in [6, 6.07) is 4.57. The SMILES string of the molecule is CCCCCCCCCCCCCCCC(=O)OCC(CSCCC(=O)Nc1ccc(C(=O)NC(CCC(=O)O)C(=O)O)cc1)OC(=O)CCCCCCCCCCCCCCC. The second kappa shape index (κ2) is 39.9. The highest BCUT2D eigenvalue weighted by molar-refractivity contribution is 7.99. The lowest BCUT2D eigenvalue weighted by atomic mass is 10.0. The van der Waals surface area contributed by atoms with Crippen molar-refractivity contribution in [2.45, 2.75) is 225 Å². The molecule has 0 aliphatic carbocycles. The minimum Gasteiger partial charge on any atom is -0.481 e. The molecule has 360 valence electrons. The van der Waals surface area contributed by atoms with Gasteiger partial charge in [0.2, 0.25) is 5.91 Å². The lowest BCUT2D eigenvalue weighted by Gasteiger charge is -2.18. The predicted octanol–water partition coefficient (Wildman–Crippen LogP) is 12.2. The summed E-state index contributed by atoms with van der Waals surface area (Å²) < 4.78 is 11.4. The Labute approximate surface area is 383 Å². The summed E-state index contributed by atoms with van der Waals surface area (Å²) in [5.41, 5.74) is 0.599. The maximum Gasteiger partial charge on any atom is 0.326 e. The Morgan fingerprint density at radius 1 is 0.571 bits per heavy atom. The molecule has 0 fully saturated rings. The molecule has 2 unspecified atom stereocenters. The molecule has 0 saturated carbocycles. The average molecular weight is 905 g/mol. The average Bonchev–Trinajstić information content (AvgIpc) is 3.26. The van der Waals surface area contributed by atoms with Crippen molar-refractivity contribution in [3.63, 3.8) is 0 Å². The number of esters is 2. The molecule has 0 saturated heterocycles. The molecular formula is C50H84N2O10S. The van der Waals surface area contributed by atoms with Crippen LogP contribution in [0.3, 0.4) is 0 Å². The van der Waals surface area contributed by atoms with Gasteiger partial charge in [0, 0.05) is 48.4 Å². The molecule has 0 bridgehead atoms. The van der Waals surface area contributed by atoms with Gasteiger partial charge in [-0.25, -0.2) is 4.79 Å². The van der Waals surface area contributed by atoms with Crippen molar-refractivity contribution in [1.29, 1.82) is 0 Å². The normalized spacial score (nSPS) is 12.0. The topological polar surface area (TPSA) is 185 Å². The molecule has 1 aromatic rings. The van der Waals surface area contributed by atoms with E-state index in [1.165, 1.54) is 164 Å². The highest BCUT2D eigenvalue weighted by Crippen LogP contribution is 2.17. The van der Waals surface area contributed by atoms with Crippen LogP contribution in [0.25, 0.3) is 0 Å². The van der Waals surface area contributed by atoms with Crippen LogP contribution in [0.4, 0.5) is 5.69 Å². The minimum absolute atomic E-state index is 0.0203. The molecule has 2 atom stereocenters. The monoisotopic (exact) mass is 905 g/mol. The van der Waals surface area contributed by atoms with Crippen LogP contribution in [0.15, 0.2) is 24.3 Å². The number of anilines is 1. The number of hydrogen-bond donors (Lipinski definition) is 4. The quantitative estimate of drug-likeness (QED) is 0.0361. The summed E-state index contributed by atoms with van der Waals surface area (Å²) in [4.78, 5) is 73.0. The van der Waals surface area contributed by atoms with Crippen molar-refractivity contribution < 1.29 is 48.5 Å². The van der Waals surface area contributed by atoms with Gasteiger partial charge in [-0.1, -0.05) is 168 Å². The molecule has 0 aliphatic heterocycles. The Morgan fingerprint density at radius 3 is 1.46 bits per heavy atom. The number of thioether (sulfide) groups is 1. The Bertz CT molecular complexity index is 1380. The lowest BCUT2D eigenvalue weighted by molar-refractivity contribution is -0.157. The zero-order valence-electron chi connectivity index (χ0n) is 39.1. The van der Waals surface area contributed by atoms with Gasteiger partial charge < -0.3 is 30.3 Å². The number of hydrogen-bond acceptors (Lipinski definition) is 9. The van der Waals surface area contributed by atoms with Crippen molar-refractivity contribution in [3.05, 3.63) is 29.8 Å². The van der Waals surface area contributed by atoms with Crippen molar-refractivity contribution in [3.8, 4) is 0 Å². The second-order valence-corrected chi connectivity index (χ2v) is 18.2. The van der Waals surface area contributed by atoms with Crippen LogP contribution >= 0.6 is 11.8 Å². The first-order valence-corrected chi connectivity index (χ1v) is 25.8. The summed E-state index contributed by atoms with van der Waals surface area (Å²) in [5, 5.41) is 23.3. The molecule has 0 spiro atoms. The molecule has 1 rings (SSSR count). The summed E-state index contributed by atoms with van der Waals surface area (Å²) in [6.07, 6.45) is 31.4. The third-order valence-corrected chi connectivity index (χ3v) is 12.3. The fourth-order valence-corrected chi connectivity index (χ4v) is 8.19. The Hall–Kier alpha value is -3.61. The third-order valence-electron chi connectivity index (χ3n) is 11.2. The number of carbonyl (C=O) groups excluding carboxylic acids is 4. The van der Waals surface area contributed by atoms with Crippen LogP contribution < -0.4 is 10.6 Å². The van der Waals surface area contributed by atoms with Gasteiger partial charge in [-0.2, -0.15) is 11.8 Å². The lowest BCUT2D eigenvalue weighted by Crippen LogP contribution is -2.41. The number of unbranched alkanes of at least 4 members (excludes halogenated alkanes) is 24. The number of aliphatic carboxylic acids is 2. The van der Waals surface area contributed by atoms with Gasteiger partial charge >= 0.3 is 23.9 Å². The van der Waals surface area contributed by atoms with Crippen LogP contribution in [0.1, 0.15) is 223 Å². The largest absolute Gasteiger partial charge is 0.481 e. The van der Waals surface area contributed by atoms with Gasteiger partial charge in [-0.05, 0) is 43.5 Å². The number of carboxylic acid groups (broad SMARTS) is 2. The molecule has 63 heavy (non-hydrogen) atoms. The maximum absolute atomic E-state index is 12.8. The second-order valence-electron chi connectivity index (χ2n) is 17.0. The third kappa shape index (κ3) is 34.5. The fourth-order valence-electron chi connectivity index (χ4n) is 7.27. The molecular weight excluding hydrogens is 821 g/mol. The van der Waals surface area contributed by atoms with Crippen LogP contribution in [0.2, 0.25) is 0 Å². The number of carboxylic acids is 2. The van der Waals surface area contributed by atoms with Gasteiger partial charge in [-0.15, -0.1) is 0 Å². The molecule has 2 amide bonds. The van der Waals surface area contributed by atoms with E-state index in [1.807, 2.05) is 0 Å². The number of rotatable bonds is 43. The van der Waals surface area contributed by atoms with Gasteiger partial charge in [0.25, 0.3) is 5.91 Å². The number of benzene rings is 1. The molecule has 0 aromatic heterocycles. The van der Waals surface area contributed by atoms with Gasteiger partial charge in [0.1, 0.15) is 18.8 Å². The number of carbonyl (C=O) groups is 6. The predicted molar refractivity (Wildman–Crippen MR) is 254 cm³/mol. The van der Waals surface area contributed by atoms with E-state index < -0.39 is 36.4 Å².